The summed E-state index contributed by atoms with van der Waals surface area (Å²) in [6, 6.07) is 9.14. The standard InChI is InChI=1S/C27H25FN4O5/c28-18-2-4-20-19(8-12-37-23(20)14-18)17-5-9-30(10-6-17)15-16-1-3-21-22(13-16)26(35)32(25(21)34)31-11-7-24(33)29-27(31)36/h1-4,13-14H,5-12,15H2,(H,29,33,36). The van der Waals surface area contributed by atoms with Crippen LogP contribution in [-0.4, -0.2) is 64.9 Å². The van der Waals surface area contributed by atoms with Crippen LogP contribution in [0, 0.1) is 5.82 Å². The van der Waals surface area contributed by atoms with Gasteiger partial charge in [-0.2, -0.15) is 5.01 Å². The van der Waals surface area contributed by atoms with Crippen molar-refractivity contribution in [1.29, 1.82) is 0 Å². The fourth-order valence-corrected chi connectivity index (χ4v) is 5.51. The number of amides is 5. The number of urea groups is 1. The van der Waals surface area contributed by atoms with Crippen LogP contribution in [-0.2, 0) is 11.3 Å². The number of ether oxygens (including phenoxy) is 1. The number of likely N-dealkylation sites (tertiary alicyclic amines) is 1. The highest BCUT2D eigenvalue weighted by Gasteiger charge is 2.43. The fraction of sp³-hybridized carbons (Fsp3) is 0.333. The molecular weight excluding hydrogens is 479 g/mol. The monoisotopic (exact) mass is 504 g/mol. The Balaban J connectivity index is 1.14. The van der Waals surface area contributed by atoms with Crippen molar-refractivity contribution in [3.63, 3.8) is 0 Å². The maximum atomic E-state index is 13.6. The zero-order valence-electron chi connectivity index (χ0n) is 20.1. The highest BCUT2D eigenvalue weighted by Crippen LogP contribution is 2.38. The van der Waals surface area contributed by atoms with Crippen molar-refractivity contribution < 1.29 is 28.3 Å². The molecule has 5 amide bonds. The summed E-state index contributed by atoms with van der Waals surface area (Å²) in [5, 5.41) is 3.96. The SMILES string of the molecule is O=C1CCN(N2C(=O)c3ccc(CN4CCC(=C5CCOc6cc(F)ccc65)CC4)cc3C2=O)C(=O)N1. The molecule has 0 aliphatic carbocycles. The van der Waals surface area contributed by atoms with Gasteiger partial charge in [-0.1, -0.05) is 11.6 Å². The minimum atomic E-state index is -0.776. The smallest absolute Gasteiger partial charge is 0.343 e. The van der Waals surface area contributed by atoms with Crippen LogP contribution in [0.1, 0.15) is 57.5 Å². The number of fused-ring (bicyclic) bond motifs is 2. The number of imide groups is 2. The van der Waals surface area contributed by atoms with Crippen LogP contribution in [0.15, 0.2) is 42.0 Å². The topological polar surface area (TPSA) is 99.3 Å². The number of hydrogen-bond acceptors (Lipinski definition) is 6. The van der Waals surface area contributed by atoms with Crippen molar-refractivity contribution in [2.24, 2.45) is 0 Å². The molecule has 0 aromatic heterocycles. The third-order valence-electron chi connectivity index (χ3n) is 7.37. The number of carbonyl (C=O) groups is 4. The first-order chi connectivity index (χ1) is 17.9. The van der Waals surface area contributed by atoms with E-state index in [4.69, 9.17) is 4.74 Å². The molecule has 2 aromatic rings. The van der Waals surface area contributed by atoms with Crippen molar-refractivity contribution in [3.05, 3.63) is 70.0 Å². The number of piperidine rings is 1. The van der Waals surface area contributed by atoms with E-state index in [0.717, 1.165) is 53.5 Å². The Morgan fingerprint density at radius 3 is 2.38 bits per heavy atom. The van der Waals surface area contributed by atoms with E-state index in [1.54, 1.807) is 18.2 Å². The average Bonchev–Trinajstić information content (AvgIpc) is 3.13. The molecule has 10 heteroatoms. The molecule has 2 aromatic carbocycles. The van der Waals surface area contributed by atoms with Crippen LogP contribution in [0.2, 0.25) is 0 Å². The molecule has 4 aliphatic rings. The maximum absolute atomic E-state index is 13.6. The van der Waals surface area contributed by atoms with E-state index in [0.29, 0.717) is 18.9 Å². The van der Waals surface area contributed by atoms with Crippen LogP contribution in [0.3, 0.4) is 0 Å². The molecule has 190 valence electrons. The summed E-state index contributed by atoms with van der Waals surface area (Å²) >= 11 is 0. The Morgan fingerprint density at radius 2 is 1.59 bits per heavy atom. The predicted molar refractivity (Wildman–Crippen MR) is 130 cm³/mol. The van der Waals surface area contributed by atoms with E-state index in [1.807, 2.05) is 6.07 Å². The lowest BCUT2D eigenvalue weighted by Crippen LogP contribution is -2.58. The molecule has 0 unspecified atom stereocenters. The number of nitrogens with one attached hydrogen (secondary N) is 1. The molecule has 2 saturated heterocycles. The molecule has 0 saturated carbocycles. The summed E-state index contributed by atoms with van der Waals surface area (Å²) in [6.45, 7) is 2.83. The Bertz CT molecular complexity index is 1380. The molecule has 4 aliphatic heterocycles. The van der Waals surface area contributed by atoms with Gasteiger partial charge in [-0.15, -0.1) is 0 Å². The van der Waals surface area contributed by atoms with Gasteiger partial charge in [-0.25, -0.2) is 14.2 Å². The van der Waals surface area contributed by atoms with E-state index in [-0.39, 0.29) is 29.9 Å². The highest BCUT2D eigenvalue weighted by atomic mass is 19.1. The second kappa shape index (κ2) is 9.11. The van der Waals surface area contributed by atoms with Gasteiger partial charge in [-0.05, 0) is 48.2 Å². The zero-order chi connectivity index (χ0) is 25.7. The van der Waals surface area contributed by atoms with Gasteiger partial charge in [0.25, 0.3) is 11.8 Å². The number of benzene rings is 2. The van der Waals surface area contributed by atoms with E-state index >= 15 is 0 Å². The molecule has 6 rings (SSSR count). The molecule has 0 bridgehead atoms. The number of hydrazine groups is 1. The fourth-order valence-electron chi connectivity index (χ4n) is 5.51. The van der Waals surface area contributed by atoms with E-state index in [9.17, 15) is 23.6 Å². The van der Waals surface area contributed by atoms with E-state index < -0.39 is 23.8 Å². The lowest BCUT2D eigenvalue weighted by Gasteiger charge is -2.32. The van der Waals surface area contributed by atoms with Gasteiger partial charge in [0.15, 0.2) is 0 Å². The summed E-state index contributed by atoms with van der Waals surface area (Å²) < 4.78 is 19.3. The number of rotatable bonds is 3. The van der Waals surface area contributed by atoms with Gasteiger partial charge in [0.05, 0.1) is 24.3 Å². The van der Waals surface area contributed by atoms with Gasteiger partial charge in [0.2, 0.25) is 5.91 Å². The second-order valence-electron chi connectivity index (χ2n) is 9.63. The van der Waals surface area contributed by atoms with Crippen LogP contribution in [0.5, 0.6) is 5.75 Å². The average molecular weight is 505 g/mol. The first-order valence-electron chi connectivity index (χ1n) is 12.4. The summed E-state index contributed by atoms with van der Waals surface area (Å²) in [6.07, 6.45) is 2.62. The first kappa shape index (κ1) is 23.4. The quantitative estimate of drug-likeness (QED) is 0.645. The number of halogens is 1. The minimum absolute atomic E-state index is 0.0208. The summed E-state index contributed by atoms with van der Waals surface area (Å²) in [5.41, 5.74) is 5.02. The van der Waals surface area contributed by atoms with Crippen molar-refractivity contribution in [3.8, 4) is 5.75 Å². The van der Waals surface area contributed by atoms with E-state index in [2.05, 4.69) is 10.2 Å². The third kappa shape index (κ3) is 4.17. The molecule has 0 spiro atoms. The van der Waals surface area contributed by atoms with Crippen LogP contribution >= 0.6 is 0 Å². The van der Waals surface area contributed by atoms with Gasteiger partial charge in [0, 0.05) is 44.1 Å². The van der Waals surface area contributed by atoms with Crippen LogP contribution in [0.4, 0.5) is 9.18 Å². The lowest BCUT2D eigenvalue weighted by molar-refractivity contribution is -0.122. The van der Waals surface area contributed by atoms with E-state index in [1.165, 1.54) is 23.3 Å². The van der Waals surface area contributed by atoms with Crippen molar-refractivity contribution >= 4 is 29.3 Å². The number of carbonyl (C=O) groups excluding carboxylic acids is 4. The van der Waals surface area contributed by atoms with Crippen LogP contribution in [0.25, 0.3) is 5.57 Å². The Hall–Kier alpha value is -4.05. The zero-order valence-corrected chi connectivity index (χ0v) is 20.1. The summed E-state index contributed by atoms with van der Waals surface area (Å²) in [7, 11) is 0. The molecule has 37 heavy (non-hydrogen) atoms. The van der Waals surface area contributed by atoms with Gasteiger partial charge >= 0.3 is 6.03 Å². The molecule has 4 heterocycles. The van der Waals surface area contributed by atoms with Gasteiger partial charge in [0.1, 0.15) is 11.6 Å². The maximum Gasteiger partial charge on any atom is 0.343 e. The van der Waals surface area contributed by atoms with Crippen LogP contribution < -0.4 is 10.1 Å². The lowest BCUT2D eigenvalue weighted by atomic mass is 9.89. The molecule has 9 nitrogen and oxygen atoms in total. The Kier molecular flexibility index (Phi) is 5.75. The number of nitrogens with zero attached hydrogens (tertiary/aromatic N) is 3. The Labute approximate surface area is 212 Å². The minimum Gasteiger partial charge on any atom is -0.493 e. The molecule has 1 N–H and O–H groups in total. The normalized spacial score (nSPS) is 20.1. The predicted octanol–water partition coefficient (Wildman–Crippen LogP) is 3.11. The second-order valence-corrected chi connectivity index (χ2v) is 9.63. The van der Waals surface area contributed by atoms with Crippen molar-refractivity contribution in [2.75, 3.05) is 26.2 Å². The summed E-state index contributed by atoms with van der Waals surface area (Å²) in [4.78, 5) is 51.9. The van der Waals surface area contributed by atoms with Gasteiger partial charge < -0.3 is 4.74 Å². The molecule has 0 radical (unpaired) electrons. The van der Waals surface area contributed by atoms with Gasteiger partial charge in [-0.3, -0.25) is 24.6 Å². The summed E-state index contributed by atoms with van der Waals surface area (Å²) in [5.74, 6) is -1.26. The van der Waals surface area contributed by atoms with Crippen molar-refractivity contribution in [2.45, 2.75) is 32.2 Å². The molecular formula is C27H25FN4O5. The molecule has 0 atom stereocenters. The third-order valence-corrected chi connectivity index (χ3v) is 7.37. The largest absolute Gasteiger partial charge is 0.493 e. The first-order valence-corrected chi connectivity index (χ1v) is 12.4. The highest BCUT2D eigenvalue weighted by molar-refractivity contribution is 6.22. The molecule has 2 fully saturated rings. The number of hydrogen-bond donors (Lipinski definition) is 1. The Morgan fingerprint density at radius 1 is 0.838 bits per heavy atom. The van der Waals surface area contributed by atoms with Crippen molar-refractivity contribution in [1.82, 2.24) is 20.2 Å².